The lowest BCUT2D eigenvalue weighted by atomic mass is 9.75. The van der Waals surface area contributed by atoms with Crippen LogP contribution in [0, 0.1) is 5.41 Å². The zero-order chi connectivity index (χ0) is 13.8. The maximum Gasteiger partial charge on any atom is 0.127 e. The first-order valence-corrected chi connectivity index (χ1v) is 8.07. The summed E-state index contributed by atoms with van der Waals surface area (Å²) in [6.45, 7) is 3.11. The van der Waals surface area contributed by atoms with E-state index in [2.05, 4.69) is 29.2 Å². The van der Waals surface area contributed by atoms with Crippen molar-refractivity contribution in [2.24, 2.45) is 5.41 Å². The number of aryl methyl sites for hydroxylation is 1. The summed E-state index contributed by atoms with van der Waals surface area (Å²) in [7, 11) is 0. The second kappa shape index (κ2) is 6.09. The van der Waals surface area contributed by atoms with Gasteiger partial charge in [0.15, 0.2) is 0 Å². The lowest BCUT2D eigenvalue weighted by molar-refractivity contribution is -0.119. The van der Waals surface area contributed by atoms with Gasteiger partial charge >= 0.3 is 0 Å². The Kier molecular flexibility index (Phi) is 4.21. The highest BCUT2D eigenvalue weighted by Gasteiger charge is 2.34. The predicted octanol–water partition coefficient (Wildman–Crippen LogP) is 3.58. The van der Waals surface area contributed by atoms with Crippen LogP contribution >= 0.6 is 0 Å². The minimum Gasteiger partial charge on any atom is -0.303 e. The summed E-state index contributed by atoms with van der Waals surface area (Å²) in [5.41, 5.74) is 2.90. The Morgan fingerprint density at radius 1 is 1.05 bits per heavy atom. The monoisotopic (exact) mass is 271 g/mol. The molecule has 1 aliphatic carbocycles. The van der Waals surface area contributed by atoms with E-state index in [0.29, 0.717) is 0 Å². The summed E-state index contributed by atoms with van der Waals surface area (Å²) in [5, 5.41) is 0. The van der Waals surface area contributed by atoms with Crippen molar-refractivity contribution in [2.45, 2.75) is 51.5 Å². The van der Waals surface area contributed by atoms with Crippen LogP contribution in [0.15, 0.2) is 24.3 Å². The number of carbonyl (C=O) groups is 1. The van der Waals surface area contributed by atoms with E-state index in [1.54, 1.807) is 0 Å². The van der Waals surface area contributed by atoms with Crippen molar-refractivity contribution in [2.75, 3.05) is 13.1 Å². The van der Waals surface area contributed by atoms with Gasteiger partial charge < -0.3 is 4.79 Å². The van der Waals surface area contributed by atoms with Gasteiger partial charge in [-0.25, -0.2) is 0 Å². The fourth-order valence-electron chi connectivity index (χ4n) is 3.92. The molecule has 20 heavy (non-hydrogen) atoms. The molecule has 0 spiro atoms. The van der Waals surface area contributed by atoms with Crippen LogP contribution in [0.5, 0.6) is 0 Å². The predicted molar refractivity (Wildman–Crippen MR) is 81.6 cm³/mol. The number of hydrogen-bond donors (Lipinski definition) is 0. The van der Waals surface area contributed by atoms with Gasteiger partial charge in [0, 0.05) is 18.5 Å². The highest BCUT2D eigenvalue weighted by molar-refractivity contribution is 5.60. The molecule has 0 atom stereocenters. The molecular weight excluding hydrogens is 246 g/mol. The SMILES string of the molecule is O=CC1(CN2CCCc3ccccc3C2)CCCCC1. The second-order valence-corrected chi connectivity index (χ2v) is 6.62. The molecule has 2 heteroatoms. The zero-order valence-electron chi connectivity index (χ0n) is 12.3. The molecule has 0 N–H and O–H groups in total. The van der Waals surface area contributed by atoms with Crippen molar-refractivity contribution >= 4 is 6.29 Å². The van der Waals surface area contributed by atoms with Crippen molar-refractivity contribution in [3.8, 4) is 0 Å². The van der Waals surface area contributed by atoms with E-state index < -0.39 is 0 Å². The second-order valence-electron chi connectivity index (χ2n) is 6.62. The van der Waals surface area contributed by atoms with Gasteiger partial charge in [-0.05, 0) is 43.4 Å². The van der Waals surface area contributed by atoms with Crippen molar-refractivity contribution in [1.82, 2.24) is 4.90 Å². The van der Waals surface area contributed by atoms with Crippen LogP contribution in [0.1, 0.15) is 49.7 Å². The number of hydrogen-bond acceptors (Lipinski definition) is 2. The molecule has 0 saturated heterocycles. The van der Waals surface area contributed by atoms with Crippen LogP contribution in [0.25, 0.3) is 0 Å². The minimum atomic E-state index is -0.0580. The first-order valence-electron chi connectivity index (χ1n) is 8.07. The van der Waals surface area contributed by atoms with Gasteiger partial charge in [-0.15, -0.1) is 0 Å². The van der Waals surface area contributed by atoms with Crippen molar-refractivity contribution in [1.29, 1.82) is 0 Å². The maximum absolute atomic E-state index is 11.7. The Hall–Kier alpha value is -1.15. The molecule has 0 aromatic heterocycles. The lowest BCUT2D eigenvalue weighted by Crippen LogP contribution is -2.40. The summed E-state index contributed by atoms with van der Waals surface area (Å²) in [6.07, 6.45) is 9.60. The van der Waals surface area contributed by atoms with Crippen molar-refractivity contribution in [3.63, 3.8) is 0 Å². The van der Waals surface area contributed by atoms with Crippen LogP contribution in [-0.2, 0) is 17.8 Å². The standard InChI is InChI=1S/C18H25NO/c20-15-18(10-4-1-5-11-18)14-19-12-6-9-16-7-2-3-8-17(16)13-19/h2-3,7-8,15H,1,4-6,9-14H2. The van der Waals surface area contributed by atoms with Crippen LogP contribution in [0.4, 0.5) is 0 Å². The Labute approximate surface area is 122 Å². The van der Waals surface area contributed by atoms with E-state index in [9.17, 15) is 4.79 Å². The number of carbonyl (C=O) groups excluding carboxylic acids is 1. The van der Waals surface area contributed by atoms with Gasteiger partial charge in [-0.2, -0.15) is 0 Å². The van der Waals surface area contributed by atoms with Gasteiger partial charge in [0.2, 0.25) is 0 Å². The molecule has 1 saturated carbocycles. The fraction of sp³-hybridized carbons (Fsp3) is 0.611. The summed E-state index contributed by atoms with van der Waals surface area (Å²) >= 11 is 0. The molecule has 2 nitrogen and oxygen atoms in total. The number of fused-ring (bicyclic) bond motifs is 1. The largest absolute Gasteiger partial charge is 0.303 e. The molecule has 1 fully saturated rings. The molecule has 3 rings (SSSR count). The van der Waals surface area contributed by atoms with Crippen LogP contribution in [-0.4, -0.2) is 24.3 Å². The van der Waals surface area contributed by atoms with Gasteiger partial charge in [-0.3, -0.25) is 4.90 Å². The van der Waals surface area contributed by atoms with Crippen LogP contribution < -0.4 is 0 Å². The molecule has 0 bridgehead atoms. The molecular formula is C18H25NO. The van der Waals surface area contributed by atoms with Crippen molar-refractivity contribution < 1.29 is 4.79 Å². The molecule has 1 aliphatic heterocycles. The quantitative estimate of drug-likeness (QED) is 0.783. The van der Waals surface area contributed by atoms with E-state index >= 15 is 0 Å². The third kappa shape index (κ3) is 2.95. The molecule has 1 aromatic carbocycles. The summed E-state index contributed by atoms with van der Waals surface area (Å²) in [6, 6.07) is 8.79. The molecule has 108 valence electrons. The normalized spacial score (nSPS) is 22.8. The summed E-state index contributed by atoms with van der Waals surface area (Å²) in [5.74, 6) is 0. The Bertz CT molecular complexity index is 462. The Balaban J connectivity index is 1.72. The van der Waals surface area contributed by atoms with Crippen LogP contribution in [0.2, 0.25) is 0 Å². The Morgan fingerprint density at radius 3 is 2.55 bits per heavy atom. The number of aldehydes is 1. The molecule has 2 aliphatic rings. The van der Waals surface area contributed by atoms with Gasteiger partial charge in [0.1, 0.15) is 6.29 Å². The average molecular weight is 271 g/mol. The van der Waals surface area contributed by atoms with Gasteiger partial charge in [0.05, 0.1) is 0 Å². The number of benzene rings is 1. The van der Waals surface area contributed by atoms with Crippen LogP contribution in [0.3, 0.4) is 0 Å². The van der Waals surface area contributed by atoms with E-state index in [1.807, 2.05) is 0 Å². The third-order valence-electron chi connectivity index (χ3n) is 5.07. The average Bonchev–Trinajstić information content (AvgIpc) is 2.69. The van der Waals surface area contributed by atoms with E-state index in [1.165, 1.54) is 49.5 Å². The first kappa shape index (κ1) is 13.8. The summed E-state index contributed by atoms with van der Waals surface area (Å²) < 4.78 is 0. The van der Waals surface area contributed by atoms with Gasteiger partial charge in [-0.1, -0.05) is 43.5 Å². The van der Waals surface area contributed by atoms with E-state index in [0.717, 1.165) is 32.5 Å². The smallest absolute Gasteiger partial charge is 0.127 e. The molecule has 0 amide bonds. The minimum absolute atomic E-state index is 0.0580. The first-order chi connectivity index (χ1) is 9.81. The van der Waals surface area contributed by atoms with E-state index in [4.69, 9.17) is 0 Å². The molecule has 1 aromatic rings. The van der Waals surface area contributed by atoms with E-state index in [-0.39, 0.29) is 5.41 Å². The maximum atomic E-state index is 11.7. The van der Waals surface area contributed by atoms with Gasteiger partial charge in [0.25, 0.3) is 0 Å². The molecule has 0 radical (unpaired) electrons. The molecule has 0 unspecified atom stereocenters. The van der Waals surface area contributed by atoms with Crippen molar-refractivity contribution in [3.05, 3.63) is 35.4 Å². The fourth-order valence-corrected chi connectivity index (χ4v) is 3.92. The topological polar surface area (TPSA) is 20.3 Å². The summed E-state index contributed by atoms with van der Waals surface area (Å²) in [4.78, 5) is 14.2. The number of nitrogens with zero attached hydrogens (tertiary/aromatic N) is 1. The Morgan fingerprint density at radius 2 is 1.80 bits per heavy atom. The highest BCUT2D eigenvalue weighted by atomic mass is 16.1. The number of rotatable bonds is 3. The molecule has 1 heterocycles. The zero-order valence-corrected chi connectivity index (χ0v) is 12.3. The lowest BCUT2D eigenvalue weighted by Gasteiger charge is -2.36. The third-order valence-corrected chi connectivity index (χ3v) is 5.07. The highest BCUT2D eigenvalue weighted by Crippen LogP contribution is 2.36.